The van der Waals surface area contributed by atoms with Crippen LogP contribution in [0.5, 0.6) is 0 Å². The Morgan fingerprint density at radius 2 is 1.95 bits per heavy atom. The normalized spacial score (nSPS) is 20.3. The standard InChI is InChI=1S/C13H15F3N2O/c1-18-4-2-3-9(7-18)17-13(19)8-5-10(14)12(16)11(15)6-8/h5-6,9H,2-4,7H2,1H3,(H,17,19). The molecule has 1 aliphatic heterocycles. The van der Waals surface area contributed by atoms with Crippen LogP contribution in [0.3, 0.4) is 0 Å². The highest BCUT2D eigenvalue weighted by atomic mass is 19.2. The van der Waals surface area contributed by atoms with Crippen molar-refractivity contribution < 1.29 is 18.0 Å². The number of likely N-dealkylation sites (N-methyl/N-ethyl adjacent to an activating group) is 1. The number of benzene rings is 1. The molecule has 0 aliphatic carbocycles. The Balaban J connectivity index is 2.07. The van der Waals surface area contributed by atoms with E-state index in [9.17, 15) is 18.0 Å². The number of nitrogens with zero attached hydrogens (tertiary/aromatic N) is 1. The van der Waals surface area contributed by atoms with Crippen LogP contribution in [-0.4, -0.2) is 37.0 Å². The van der Waals surface area contributed by atoms with Crippen LogP contribution in [-0.2, 0) is 0 Å². The molecule has 1 unspecified atom stereocenters. The number of carbonyl (C=O) groups excluding carboxylic acids is 1. The van der Waals surface area contributed by atoms with Crippen LogP contribution in [0.15, 0.2) is 12.1 Å². The fourth-order valence-electron chi connectivity index (χ4n) is 2.24. The molecule has 1 heterocycles. The van der Waals surface area contributed by atoms with Gasteiger partial charge in [0.15, 0.2) is 17.5 Å². The van der Waals surface area contributed by atoms with Gasteiger partial charge in [0.2, 0.25) is 0 Å². The number of hydrogen-bond acceptors (Lipinski definition) is 2. The molecule has 1 atom stereocenters. The fraction of sp³-hybridized carbons (Fsp3) is 0.462. The van der Waals surface area contributed by atoms with Gasteiger partial charge >= 0.3 is 0 Å². The number of nitrogens with one attached hydrogen (secondary N) is 1. The molecule has 1 aliphatic rings. The van der Waals surface area contributed by atoms with Crippen molar-refractivity contribution in [2.24, 2.45) is 0 Å². The van der Waals surface area contributed by atoms with Crippen LogP contribution in [0, 0.1) is 17.5 Å². The van der Waals surface area contributed by atoms with Crippen LogP contribution in [0.1, 0.15) is 23.2 Å². The van der Waals surface area contributed by atoms with Crippen molar-refractivity contribution in [2.75, 3.05) is 20.1 Å². The molecule has 6 heteroatoms. The van der Waals surface area contributed by atoms with Crippen molar-refractivity contribution in [3.05, 3.63) is 35.1 Å². The Bertz CT molecular complexity index is 470. The molecule has 104 valence electrons. The van der Waals surface area contributed by atoms with E-state index in [4.69, 9.17) is 0 Å². The first-order valence-electron chi connectivity index (χ1n) is 6.11. The third-order valence-corrected chi connectivity index (χ3v) is 3.21. The molecule has 1 aromatic rings. The zero-order valence-corrected chi connectivity index (χ0v) is 10.5. The molecule has 0 bridgehead atoms. The molecular weight excluding hydrogens is 257 g/mol. The molecule has 1 amide bonds. The summed E-state index contributed by atoms with van der Waals surface area (Å²) in [6.07, 6.45) is 1.77. The number of rotatable bonds is 2. The van der Waals surface area contributed by atoms with E-state index in [0.29, 0.717) is 18.7 Å². The zero-order valence-electron chi connectivity index (χ0n) is 10.5. The number of carbonyl (C=O) groups is 1. The quantitative estimate of drug-likeness (QED) is 0.834. The van der Waals surface area contributed by atoms with E-state index in [1.54, 1.807) is 0 Å². The summed E-state index contributed by atoms with van der Waals surface area (Å²) < 4.78 is 38.9. The highest BCUT2D eigenvalue weighted by Gasteiger charge is 2.21. The zero-order chi connectivity index (χ0) is 14.0. The maximum Gasteiger partial charge on any atom is 0.251 e. The smallest absolute Gasteiger partial charge is 0.251 e. The molecule has 1 fully saturated rings. The predicted octanol–water partition coefficient (Wildman–Crippen LogP) is 1.93. The van der Waals surface area contributed by atoms with E-state index in [-0.39, 0.29) is 11.6 Å². The van der Waals surface area contributed by atoms with Crippen LogP contribution in [0.2, 0.25) is 0 Å². The van der Waals surface area contributed by atoms with Gasteiger partial charge in [0.1, 0.15) is 0 Å². The van der Waals surface area contributed by atoms with Gasteiger partial charge < -0.3 is 10.2 Å². The molecule has 0 radical (unpaired) electrons. The van der Waals surface area contributed by atoms with E-state index in [2.05, 4.69) is 10.2 Å². The summed E-state index contributed by atoms with van der Waals surface area (Å²) in [6.45, 7) is 1.66. The van der Waals surface area contributed by atoms with Gasteiger partial charge in [-0.05, 0) is 38.6 Å². The lowest BCUT2D eigenvalue weighted by molar-refractivity contribution is 0.0911. The van der Waals surface area contributed by atoms with Crippen molar-refractivity contribution in [1.29, 1.82) is 0 Å². The molecule has 0 spiro atoms. The van der Waals surface area contributed by atoms with E-state index in [1.165, 1.54) is 0 Å². The Labute approximate surface area is 109 Å². The Morgan fingerprint density at radius 3 is 2.53 bits per heavy atom. The maximum absolute atomic E-state index is 13.0. The fourth-order valence-corrected chi connectivity index (χ4v) is 2.24. The largest absolute Gasteiger partial charge is 0.348 e. The summed E-state index contributed by atoms with van der Waals surface area (Å²) in [5.41, 5.74) is -0.204. The lowest BCUT2D eigenvalue weighted by Gasteiger charge is -2.30. The van der Waals surface area contributed by atoms with Crippen molar-refractivity contribution in [3.63, 3.8) is 0 Å². The number of hydrogen-bond donors (Lipinski definition) is 1. The molecule has 1 N–H and O–H groups in total. The third-order valence-electron chi connectivity index (χ3n) is 3.21. The Kier molecular flexibility index (Phi) is 4.09. The summed E-state index contributed by atoms with van der Waals surface area (Å²) in [7, 11) is 1.94. The van der Waals surface area contributed by atoms with E-state index < -0.39 is 23.4 Å². The SMILES string of the molecule is CN1CCCC(NC(=O)c2cc(F)c(F)c(F)c2)C1. The minimum atomic E-state index is -1.56. The molecule has 3 nitrogen and oxygen atoms in total. The van der Waals surface area contributed by atoms with Gasteiger partial charge in [-0.2, -0.15) is 0 Å². The van der Waals surface area contributed by atoms with Gasteiger partial charge in [0.05, 0.1) is 0 Å². The second kappa shape index (κ2) is 5.61. The average Bonchev–Trinajstić information content (AvgIpc) is 2.35. The maximum atomic E-state index is 13.0. The predicted molar refractivity (Wildman–Crippen MR) is 64.3 cm³/mol. The summed E-state index contributed by atoms with van der Waals surface area (Å²) >= 11 is 0. The molecule has 0 saturated carbocycles. The summed E-state index contributed by atoms with van der Waals surface area (Å²) in [5.74, 6) is -4.86. The Morgan fingerprint density at radius 1 is 1.32 bits per heavy atom. The molecular formula is C13H15F3N2O. The van der Waals surface area contributed by atoms with E-state index in [0.717, 1.165) is 19.4 Å². The summed E-state index contributed by atoms with van der Waals surface area (Å²) in [6, 6.07) is 1.36. The first kappa shape index (κ1) is 13.9. The third kappa shape index (κ3) is 3.26. The molecule has 2 rings (SSSR count). The summed E-state index contributed by atoms with van der Waals surface area (Å²) in [4.78, 5) is 13.9. The van der Waals surface area contributed by atoms with Gasteiger partial charge in [-0.25, -0.2) is 13.2 Å². The van der Waals surface area contributed by atoms with Gasteiger partial charge in [-0.15, -0.1) is 0 Å². The van der Waals surface area contributed by atoms with E-state index in [1.807, 2.05) is 7.05 Å². The molecule has 1 saturated heterocycles. The monoisotopic (exact) mass is 272 g/mol. The highest BCUT2D eigenvalue weighted by molar-refractivity contribution is 5.94. The van der Waals surface area contributed by atoms with Crippen molar-refractivity contribution in [1.82, 2.24) is 10.2 Å². The van der Waals surface area contributed by atoms with Crippen LogP contribution in [0.4, 0.5) is 13.2 Å². The summed E-state index contributed by atoms with van der Waals surface area (Å²) in [5, 5.41) is 2.70. The second-order valence-corrected chi connectivity index (χ2v) is 4.83. The van der Waals surface area contributed by atoms with E-state index >= 15 is 0 Å². The topological polar surface area (TPSA) is 32.3 Å². The van der Waals surface area contributed by atoms with Crippen molar-refractivity contribution in [2.45, 2.75) is 18.9 Å². The number of piperidine rings is 1. The first-order valence-corrected chi connectivity index (χ1v) is 6.11. The Hall–Kier alpha value is -1.56. The first-order chi connectivity index (χ1) is 8.97. The lowest BCUT2D eigenvalue weighted by Crippen LogP contribution is -2.46. The molecule has 0 aromatic heterocycles. The van der Waals surface area contributed by atoms with Crippen LogP contribution in [0.25, 0.3) is 0 Å². The minimum absolute atomic E-state index is 0.0533. The number of likely N-dealkylation sites (tertiary alicyclic amines) is 1. The number of amides is 1. The van der Waals surface area contributed by atoms with Gasteiger partial charge in [0.25, 0.3) is 5.91 Å². The molecule has 19 heavy (non-hydrogen) atoms. The van der Waals surface area contributed by atoms with Gasteiger partial charge in [-0.1, -0.05) is 0 Å². The average molecular weight is 272 g/mol. The van der Waals surface area contributed by atoms with Crippen molar-refractivity contribution >= 4 is 5.91 Å². The number of halogens is 3. The van der Waals surface area contributed by atoms with Gasteiger partial charge in [-0.3, -0.25) is 4.79 Å². The van der Waals surface area contributed by atoms with Gasteiger partial charge in [0, 0.05) is 18.2 Å². The lowest BCUT2D eigenvalue weighted by atomic mass is 10.1. The highest BCUT2D eigenvalue weighted by Crippen LogP contribution is 2.14. The minimum Gasteiger partial charge on any atom is -0.348 e. The van der Waals surface area contributed by atoms with Crippen LogP contribution >= 0.6 is 0 Å². The van der Waals surface area contributed by atoms with Crippen molar-refractivity contribution in [3.8, 4) is 0 Å². The second-order valence-electron chi connectivity index (χ2n) is 4.83. The van der Waals surface area contributed by atoms with Crippen LogP contribution < -0.4 is 5.32 Å². The molecule has 1 aromatic carbocycles.